The molecule has 1 heterocycles. The molecule has 0 fully saturated rings. The number of rotatable bonds is 5. The number of benzene rings is 1. The standard InChI is InChI=1S/C14H19N3O2/c1-18-10-11-6-3-4-7-12(11)13(17-19-2)14-15-8-5-9-16-14/h3-4,6-7H,5,8-10H2,1-2H3,(H,15,16)/b17-13+. The third kappa shape index (κ3) is 3.32. The third-order valence-electron chi connectivity index (χ3n) is 2.88. The minimum absolute atomic E-state index is 0.534. The van der Waals surface area contributed by atoms with Gasteiger partial charge in [0.15, 0.2) is 11.5 Å². The van der Waals surface area contributed by atoms with Gasteiger partial charge in [0.2, 0.25) is 0 Å². The maximum Gasteiger partial charge on any atom is 0.152 e. The van der Waals surface area contributed by atoms with E-state index >= 15 is 0 Å². The molecule has 1 aliphatic rings. The Morgan fingerprint density at radius 2 is 2.21 bits per heavy atom. The highest BCUT2D eigenvalue weighted by atomic mass is 16.6. The summed E-state index contributed by atoms with van der Waals surface area (Å²) in [5.74, 6) is 0.789. The molecule has 0 amide bonds. The summed E-state index contributed by atoms with van der Waals surface area (Å²) in [4.78, 5) is 9.45. The number of hydrogen-bond donors (Lipinski definition) is 1. The van der Waals surface area contributed by atoms with Gasteiger partial charge >= 0.3 is 0 Å². The van der Waals surface area contributed by atoms with Crippen LogP contribution in [-0.2, 0) is 16.2 Å². The molecule has 1 aromatic rings. The topological polar surface area (TPSA) is 55.2 Å². The van der Waals surface area contributed by atoms with Crippen LogP contribution in [0.25, 0.3) is 0 Å². The van der Waals surface area contributed by atoms with Crippen molar-refractivity contribution < 1.29 is 9.57 Å². The van der Waals surface area contributed by atoms with Gasteiger partial charge in [-0.05, 0) is 12.0 Å². The number of amidine groups is 1. The van der Waals surface area contributed by atoms with Crippen LogP contribution in [0.5, 0.6) is 0 Å². The highest BCUT2D eigenvalue weighted by Gasteiger charge is 2.17. The second-order valence-electron chi connectivity index (χ2n) is 4.22. The van der Waals surface area contributed by atoms with Crippen LogP contribution in [0.3, 0.4) is 0 Å². The predicted octanol–water partition coefficient (Wildman–Crippen LogP) is 1.58. The van der Waals surface area contributed by atoms with Gasteiger partial charge in [0.05, 0.1) is 6.61 Å². The molecule has 0 aliphatic carbocycles. The summed E-state index contributed by atoms with van der Waals surface area (Å²) >= 11 is 0. The number of nitrogens with one attached hydrogen (secondary N) is 1. The van der Waals surface area contributed by atoms with Gasteiger partial charge in [0, 0.05) is 25.8 Å². The van der Waals surface area contributed by atoms with Crippen LogP contribution in [0.2, 0.25) is 0 Å². The van der Waals surface area contributed by atoms with Crippen molar-refractivity contribution in [3.05, 3.63) is 35.4 Å². The Bertz CT molecular complexity index is 483. The van der Waals surface area contributed by atoms with Crippen LogP contribution in [-0.4, -0.2) is 38.9 Å². The highest BCUT2D eigenvalue weighted by Crippen LogP contribution is 2.13. The molecule has 0 spiro atoms. The molecule has 5 heteroatoms. The van der Waals surface area contributed by atoms with E-state index in [1.54, 1.807) is 14.2 Å². The van der Waals surface area contributed by atoms with Gasteiger partial charge in [-0.3, -0.25) is 4.99 Å². The summed E-state index contributed by atoms with van der Waals surface area (Å²) in [6.07, 6.45) is 1.05. The van der Waals surface area contributed by atoms with Crippen LogP contribution in [0.15, 0.2) is 34.4 Å². The fourth-order valence-electron chi connectivity index (χ4n) is 2.04. The molecule has 102 valence electrons. The van der Waals surface area contributed by atoms with Crippen LogP contribution in [0.4, 0.5) is 0 Å². The van der Waals surface area contributed by atoms with E-state index in [4.69, 9.17) is 9.57 Å². The average molecular weight is 261 g/mol. The van der Waals surface area contributed by atoms with Crippen molar-refractivity contribution >= 4 is 11.5 Å². The van der Waals surface area contributed by atoms with Crippen LogP contribution < -0.4 is 5.32 Å². The molecule has 0 unspecified atom stereocenters. The van der Waals surface area contributed by atoms with Gasteiger partial charge in [-0.2, -0.15) is 0 Å². The number of hydrogen-bond acceptors (Lipinski definition) is 5. The number of aliphatic imine (C=N–C) groups is 1. The first-order chi connectivity index (χ1) is 9.36. The lowest BCUT2D eigenvalue weighted by Crippen LogP contribution is -2.36. The van der Waals surface area contributed by atoms with Crippen molar-refractivity contribution in [1.29, 1.82) is 0 Å². The molecule has 0 bridgehead atoms. The minimum Gasteiger partial charge on any atom is -0.399 e. The largest absolute Gasteiger partial charge is 0.399 e. The Morgan fingerprint density at radius 1 is 1.37 bits per heavy atom. The lowest BCUT2D eigenvalue weighted by atomic mass is 10.0. The van der Waals surface area contributed by atoms with E-state index in [0.717, 1.165) is 42.2 Å². The van der Waals surface area contributed by atoms with Gasteiger partial charge in [-0.25, -0.2) is 0 Å². The Morgan fingerprint density at radius 3 is 2.89 bits per heavy atom. The van der Waals surface area contributed by atoms with E-state index in [2.05, 4.69) is 15.5 Å². The normalized spacial score (nSPS) is 15.7. The fourth-order valence-corrected chi connectivity index (χ4v) is 2.04. The summed E-state index contributed by atoms with van der Waals surface area (Å²) in [6, 6.07) is 7.99. The van der Waals surface area contributed by atoms with E-state index in [1.807, 2.05) is 24.3 Å². The fraction of sp³-hybridized carbons (Fsp3) is 0.429. The van der Waals surface area contributed by atoms with Crippen LogP contribution >= 0.6 is 0 Å². The molecule has 19 heavy (non-hydrogen) atoms. The molecule has 1 N–H and O–H groups in total. The molecular formula is C14H19N3O2. The number of oxime groups is 1. The van der Waals surface area contributed by atoms with Crippen molar-refractivity contribution in [2.24, 2.45) is 10.1 Å². The maximum atomic E-state index is 5.23. The molecule has 5 nitrogen and oxygen atoms in total. The van der Waals surface area contributed by atoms with Crippen LogP contribution in [0, 0.1) is 0 Å². The van der Waals surface area contributed by atoms with E-state index in [-0.39, 0.29) is 0 Å². The van der Waals surface area contributed by atoms with Gasteiger partial charge in [-0.15, -0.1) is 0 Å². The molecular weight excluding hydrogens is 242 g/mol. The number of methoxy groups -OCH3 is 1. The lowest BCUT2D eigenvalue weighted by molar-refractivity contribution is 0.184. The van der Waals surface area contributed by atoms with Gasteiger partial charge < -0.3 is 14.9 Å². The summed E-state index contributed by atoms with van der Waals surface area (Å²) < 4.78 is 5.23. The molecule has 1 aliphatic heterocycles. The first-order valence-corrected chi connectivity index (χ1v) is 6.34. The summed E-state index contributed by atoms with van der Waals surface area (Å²) in [5.41, 5.74) is 2.78. The maximum absolute atomic E-state index is 5.23. The van der Waals surface area contributed by atoms with E-state index in [1.165, 1.54) is 0 Å². The third-order valence-corrected chi connectivity index (χ3v) is 2.88. The zero-order valence-corrected chi connectivity index (χ0v) is 11.3. The quantitative estimate of drug-likeness (QED) is 0.646. The van der Waals surface area contributed by atoms with Gasteiger partial charge in [-0.1, -0.05) is 29.4 Å². The number of ether oxygens (including phenoxy) is 1. The molecule has 0 atom stereocenters. The number of nitrogens with zero attached hydrogens (tertiary/aromatic N) is 2. The SMILES string of the molecule is COCc1ccccc1/C(=N\OC)C1=NCCCN1. The Balaban J connectivity index is 2.39. The van der Waals surface area contributed by atoms with Crippen molar-refractivity contribution in [3.8, 4) is 0 Å². The Kier molecular flexibility index (Phi) is 4.92. The van der Waals surface area contributed by atoms with E-state index < -0.39 is 0 Å². The Labute approximate surface area is 113 Å². The Hall–Kier alpha value is -1.88. The lowest BCUT2D eigenvalue weighted by Gasteiger charge is -2.17. The molecule has 0 aromatic heterocycles. The van der Waals surface area contributed by atoms with Crippen molar-refractivity contribution in [1.82, 2.24) is 5.32 Å². The molecule has 0 saturated carbocycles. The second-order valence-corrected chi connectivity index (χ2v) is 4.22. The van der Waals surface area contributed by atoms with Gasteiger partial charge in [0.25, 0.3) is 0 Å². The monoisotopic (exact) mass is 261 g/mol. The summed E-state index contributed by atoms with van der Waals surface area (Å²) in [6.45, 7) is 2.26. The zero-order chi connectivity index (χ0) is 13.5. The molecule has 0 saturated heterocycles. The first-order valence-electron chi connectivity index (χ1n) is 6.34. The smallest absolute Gasteiger partial charge is 0.152 e. The van der Waals surface area contributed by atoms with Crippen molar-refractivity contribution in [3.63, 3.8) is 0 Å². The molecule has 0 radical (unpaired) electrons. The summed E-state index contributed by atoms with van der Waals surface area (Å²) in [5, 5.41) is 7.40. The highest BCUT2D eigenvalue weighted by molar-refractivity contribution is 6.47. The average Bonchev–Trinajstić information content (AvgIpc) is 2.47. The zero-order valence-electron chi connectivity index (χ0n) is 11.3. The molecule has 2 rings (SSSR count). The first kappa shape index (κ1) is 13.5. The predicted molar refractivity (Wildman–Crippen MR) is 75.6 cm³/mol. The van der Waals surface area contributed by atoms with E-state index in [9.17, 15) is 0 Å². The van der Waals surface area contributed by atoms with Crippen molar-refractivity contribution in [2.75, 3.05) is 27.3 Å². The van der Waals surface area contributed by atoms with Crippen molar-refractivity contribution in [2.45, 2.75) is 13.0 Å². The van der Waals surface area contributed by atoms with Crippen LogP contribution in [0.1, 0.15) is 17.5 Å². The second kappa shape index (κ2) is 6.89. The molecule has 1 aromatic carbocycles. The minimum atomic E-state index is 0.534. The summed E-state index contributed by atoms with van der Waals surface area (Å²) in [7, 11) is 3.22. The van der Waals surface area contributed by atoms with Gasteiger partial charge in [0.1, 0.15) is 7.11 Å². The van der Waals surface area contributed by atoms with E-state index in [0.29, 0.717) is 6.61 Å².